The molecule has 0 radical (unpaired) electrons. The number of imidazole rings is 1. The first-order valence-electron chi connectivity index (χ1n) is 8.34. The highest BCUT2D eigenvalue weighted by atomic mass is 32.1. The molecule has 1 amide bonds. The zero-order valence-electron chi connectivity index (χ0n) is 15.4. The van der Waals surface area contributed by atoms with Crippen molar-refractivity contribution < 1.29 is 22.7 Å². The summed E-state index contributed by atoms with van der Waals surface area (Å²) in [5.41, 5.74) is 0.727. The predicted molar refractivity (Wildman–Crippen MR) is 101 cm³/mol. The van der Waals surface area contributed by atoms with Gasteiger partial charge < -0.3 is 10.1 Å². The van der Waals surface area contributed by atoms with E-state index in [0.29, 0.717) is 16.3 Å². The molecule has 1 N–H and O–H groups in total. The number of aromatic nitrogens is 6. The lowest BCUT2D eigenvalue weighted by Gasteiger charge is -2.11. The van der Waals surface area contributed by atoms with Crippen molar-refractivity contribution in [3.8, 4) is 11.6 Å². The number of fused-ring (bicyclic) bond motifs is 1. The number of nitrogens with one attached hydrogen (secondary N) is 1. The van der Waals surface area contributed by atoms with E-state index in [9.17, 15) is 18.0 Å². The Balaban J connectivity index is 1.73. The Morgan fingerprint density at radius 2 is 2.03 bits per heavy atom. The van der Waals surface area contributed by atoms with Crippen LogP contribution in [0.25, 0.3) is 16.9 Å². The molecule has 0 aliphatic rings. The quantitative estimate of drug-likeness (QED) is 0.524. The van der Waals surface area contributed by atoms with Crippen molar-refractivity contribution in [3.63, 3.8) is 0 Å². The fourth-order valence-electron chi connectivity index (χ4n) is 2.72. The molecule has 0 aliphatic carbocycles. The number of nitrogens with zero attached hydrogens (tertiary/aromatic N) is 6. The van der Waals surface area contributed by atoms with E-state index in [1.807, 2.05) is 0 Å². The first-order chi connectivity index (χ1) is 14.3. The molecule has 0 saturated carbocycles. The number of hydrogen-bond donors (Lipinski definition) is 1. The molecule has 4 rings (SSSR count). The minimum Gasteiger partial charge on any atom is -0.497 e. The van der Waals surface area contributed by atoms with Crippen molar-refractivity contribution >= 4 is 34.3 Å². The molecule has 0 spiro atoms. The molecule has 0 fully saturated rings. The van der Waals surface area contributed by atoms with Crippen LogP contribution < -0.4 is 10.1 Å². The third-order valence-electron chi connectivity index (χ3n) is 4.08. The Labute approximate surface area is 170 Å². The fourth-order valence-corrected chi connectivity index (χ4v) is 3.27. The van der Waals surface area contributed by atoms with Gasteiger partial charge in [0.2, 0.25) is 5.82 Å². The minimum absolute atomic E-state index is 0.0621. The van der Waals surface area contributed by atoms with Gasteiger partial charge >= 0.3 is 6.18 Å². The van der Waals surface area contributed by atoms with Crippen LogP contribution in [0.5, 0.6) is 5.75 Å². The molecular formula is C17H12F3N7O2S. The molecule has 1 aromatic carbocycles. The number of methoxy groups -OCH3 is 1. The van der Waals surface area contributed by atoms with Gasteiger partial charge in [0.05, 0.1) is 36.2 Å². The van der Waals surface area contributed by atoms with Gasteiger partial charge in [0, 0.05) is 6.07 Å². The van der Waals surface area contributed by atoms with Gasteiger partial charge in [0.25, 0.3) is 5.91 Å². The van der Waals surface area contributed by atoms with E-state index in [1.54, 1.807) is 6.92 Å². The fraction of sp³-hybridized carbons (Fsp3) is 0.176. The summed E-state index contributed by atoms with van der Waals surface area (Å²) >= 11 is 0.917. The van der Waals surface area contributed by atoms with Crippen LogP contribution in [0.2, 0.25) is 0 Å². The summed E-state index contributed by atoms with van der Waals surface area (Å²) < 4.78 is 50.3. The van der Waals surface area contributed by atoms with Gasteiger partial charge in [-0.25, -0.2) is 15.0 Å². The highest BCUT2D eigenvalue weighted by molar-refractivity contribution is 7.08. The second kappa shape index (κ2) is 7.33. The van der Waals surface area contributed by atoms with Crippen molar-refractivity contribution in [3.05, 3.63) is 47.0 Å². The number of anilines is 1. The number of aryl methyl sites for hydroxylation is 1. The number of alkyl halides is 3. The molecule has 4 aromatic rings. The summed E-state index contributed by atoms with van der Waals surface area (Å²) in [6.45, 7) is 1.63. The van der Waals surface area contributed by atoms with E-state index >= 15 is 0 Å². The molecule has 0 saturated heterocycles. The predicted octanol–water partition coefficient (Wildman–Crippen LogP) is 3.26. The number of rotatable bonds is 4. The Hall–Kier alpha value is -3.61. The maximum Gasteiger partial charge on any atom is 0.450 e. The van der Waals surface area contributed by atoms with E-state index in [-0.39, 0.29) is 22.7 Å². The second-order valence-electron chi connectivity index (χ2n) is 6.02. The standard InChI is InChI=1S/C17H12F3N7O2S/c1-8-14(30-26-25-8)15(28)24-12-6-22-13(7-21-12)27-11-5-9(29-2)3-4-10(11)23-16(27)17(18,19)20/h3-7H,1-2H3,(H,21,24,28). The van der Waals surface area contributed by atoms with Gasteiger partial charge in [-0.3, -0.25) is 9.36 Å². The maximum atomic E-state index is 13.6. The van der Waals surface area contributed by atoms with Crippen LogP contribution >= 0.6 is 11.5 Å². The van der Waals surface area contributed by atoms with E-state index in [2.05, 4.69) is 29.9 Å². The van der Waals surface area contributed by atoms with Gasteiger partial charge in [-0.1, -0.05) is 4.49 Å². The van der Waals surface area contributed by atoms with Gasteiger partial charge in [-0.2, -0.15) is 13.2 Å². The van der Waals surface area contributed by atoms with Crippen LogP contribution in [-0.2, 0) is 6.18 Å². The number of ether oxygens (including phenoxy) is 1. The number of benzene rings is 1. The smallest absolute Gasteiger partial charge is 0.450 e. The van der Waals surface area contributed by atoms with Crippen LogP contribution in [0, 0.1) is 6.92 Å². The van der Waals surface area contributed by atoms with Crippen LogP contribution in [-0.4, -0.2) is 42.1 Å². The summed E-state index contributed by atoms with van der Waals surface area (Å²) in [7, 11) is 1.41. The van der Waals surface area contributed by atoms with Crippen LogP contribution in [0.3, 0.4) is 0 Å². The Morgan fingerprint density at radius 1 is 1.23 bits per heavy atom. The summed E-state index contributed by atoms with van der Waals surface area (Å²) in [6, 6.07) is 4.36. The number of halogens is 3. The zero-order valence-corrected chi connectivity index (χ0v) is 16.2. The largest absolute Gasteiger partial charge is 0.497 e. The van der Waals surface area contributed by atoms with Crippen molar-refractivity contribution in [1.29, 1.82) is 0 Å². The van der Waals surface area contributed by atoms with E-state index in [4.69, 9.17) is 4.74 Å². The summed E-state index contributed by atoms with van der Waals surface area (Å²) in [5.74, 6) is -1.33. The van der Waals surface area contributed by atoms with Crippen LogP contribution in [0.4, 0.5) is 19.0 Å². The van der Waals surface area contributed by atoms with Crippen molar-refractivity contribution in [1.82, 2.24) is 29.1 Å². The molecule has 0 atom stereocenters. The lowest BCUT2D eigenvalue weighted by molar-refractivity contribution is -0.145. The van der Waals surface area contributed by atoms with Gasteiger partial charge in [0.15, 0.2) is 11.6 Å². The normalized spacial score (nSPS) is 11.6. The second-order valence-corrected chi connectivity index (χ2v) is 6.78. The van der Waals surface area contributed by atoms with Crippen molar-refractivity contribution in [2.24, 2.45) is 0 Å². The topological polar surface area (TPSA) is 108 Å². The maximum absolute atomic E-state index is 13.6. The molecule has 13 heteroatoms. The monoisotopic (exact) mass is 435 g/mol. The van der Waals surface area contributed by atoms with E-state index < -0.39 is 17.9 Å². The Kier molecular flexibility index (Phi) is 4.81. The molecule has 30 heavy (non-hydrogen) atoms. The molecule has 0 bridgehead atoms. The van der Waals surface area contributed by atoms with Crippen molar-refractivity contribution in [2.75, 3.05) is 12.4 Å². The Bertz CT molecular complexity index is 1230. The highest BCUT2D eigenvalue weighted by Gasteiger charge is 2.38. The average molecular weight is 435 g/mol. The molecular weight excluding hydrogens is 423 g/mol. The molecule has 9 nitrogen and oxygen atoms in total. The van der Waals surface area contributed by atoms with Crippen LogP contribution in [0.1, 0.15) is 21.2 Å². The first kappa shape index (κ1) is 19.7. The summed E-state index contributed by atoms with van der Waals surface area (Å²) in [6.07, 6.45) is -2.45. The molecule has 3 aromatic heterocycles. The number of hydrogen-bond acceptors (Lipinski definition) is 8. The van der Waals surface area contributed by atoms with Crippen LogP contribution in [0.15, 0.2) is 30.6 Å². The van der Waals surface area contributed by atoms with Gasteiger partial charge in [0.1, 0.15) is 10.6 Å². The summed E-state index contributed by atoms with van der Waals surface area (Å²) in [4.78, 5) is 24.2. The van der Waals surface area contributed by atoms with E-state index in [0.717, 1.165) is 28.5 Å². The van der Waals surface area contributed by atoms with E-state index in [1.165, 1.54) is 25.3 Å². The third-order valence-corrected chi connectivity index (χ3v) is 4.91. The zero-order chi connectivity index (χ0) is 21.5. The first-order valence-corrected chi connectivity index (χ1v) is 9.11. The Morgan fingerprint density at radius 3 is 2.63 bits per heavy atom. The molecule has 3 heterocycles. The summed E-state index contributed by atoms with van der Waals surface area (Å²) in [5, 5.41) is 6.26. The van der Waals surface area contributed by atoms with Gasteiger partial charge in [-0.15, -0.1) is 5.10 Å². The van der Waals surface area contributed by atoms with Crippen molar-refractivity contribution in [2.45, 2.75) is 13.1 Å². The lowest BCUT2D eigenvalue weighted by Crippen LogP contribution is -2.16. The molecule has 0 aliphatic heterocycles. The number of carbonyl (C=O) groups is 1. The van der Waals surface area contributed by atoms with Gasteiger partial charge in [-0.05, 0) is 30.6 Å². The SMILES string of the molecule is COc1ccc2nc(C(F)(F)F)n(-c3cnc(NC(=O)c4snnc4C)cn3)c2c1. The minimum atomic E-state index is -4.72. The number of carbonyl (C=O) groups excluding carboxylic acids is 1. The average Bonchev–Trinajstić information content (AvgIpc) is 3.31. The molecule has 0 unspecified atom stereocenters. The third kappa shape index (κ3) is 3.54. The highest BCUT2D eigenvalue weighted by Crippen LogP contribution is 2.34. The lowest BCUT2D eigenvalue weighted by atomic mass is 10.3. The number of amides is 1. The molecule has 154 valence electrons.